The number of alkyl halides is 22. The molecule has 0 saturated heterocycles. The summed E-state index contributed by atoms with van der Waals surface area (Å²) in [6.45, 7) is -7.90. The second-order valence-corrected chi connectivity index (χ2v) is 6.32. The van der Waals surface area contributed by atoms with Crippen molar-refractivity contribution in [3.05, 3.63) is 0 Å². The highest BCUT2D eigenvalue weighted by Gasteiger charge is 2.81. The van der Waals surface area contributed by atoms with Crippen LogP contribution in [0, 0.1) is 0 Å². The molecule has 0 saturated carbocycles. The molecule has 0 amide bonds. The molecule has 0 heterocycles. The van der Waals surface area contributed by atoms with Gasteiger partial charge >= 0.3 is 60.5 Å². The molecule has 0 aromatic heterocycles. The molecule has 0 bridgehead atoms. The summed E-state index contributed by atoms with van der Waals surface area (Å²) in [6, 6.07) is 0. The second-order valence-electron chi connectivity index (χ2n) is 6.32. The van der Waals surface area contributed by atoms with Gasteiger partial charge in [0.15, 0.2) is 0 Å². The lowest BCUT2D eigenvalue weighted by molar-refractivity contribution is -0.507. The Bertz CT molecular complexity index is 712. The number of hydrogen-bond acceptors (Lipinski definition) is 3. The van der Waals surface area contributed by atoms with Crippen LogP contribution < -0.4 is 0 Å². The van der Waals surface area contributed by atoms with Crippen molar-refractivity contribution in [3.8, 4) is 0 Å². The highest BCUT2D eigenvalue weighted by Crippen LogP contribution is 2.54. The van der Waals surface area contributed by atoms with Crippen molar-refractivity contribution >= 4 is 0 Å². The van der Waals surface area contributed by atoms with Gasteiger partial charge in [0.25, 0.3) is 0 Å². The van der Waals surface area contributed by atoms with Gasteiger partial charge < -0.3 is 4.74 Å². The Kier molecular flexibility index (Phi) is 9.09. The van der Waals surface area contributed by atoms with Gasteiger partial charge in [0.2, 0.25) is 0 Å². The highest BCUT2D eigenvalue weighted by atomic mass is 19.4. The molecule has 2 unspecified atom stereocenters. The van der Waals surface area contributed by atoms with Crippen molar-refractivity contribution in [2.24, 2.45) is 0 Å². The zero-order valence-corrected chi connectivity index (χ0v) is 16.0. The highest BCUT2D eigenvalue weighted by molar-refractivity contribution is 4.97. The molecule has 0 fully saturated rings. The maximum absolute atomic E-state index is 13.7. The van der Waals surface area contributed by atoms with Crippen LogP contribution in [0.4, 0.5) is 96.6 Å². The van der Waals surface area contributed by atoms with Crippen molar-refractivity contribution in [1.82, 2.24) is 0 Å². The molecule has 0 aromatic carbocycles. The van der Waals surface area contributed by atoms with Gasteiger partial charge in [0.1, 0.15) is 13.2 Å². The van der Waals surface area contributed by atoms with Crippen LogP contribution in [0.25, 0.3) is 0 Å². The fourth-order valence-electron chi connectivity index (χ4n) is 1.64. The molecular formula is C12H4F22O3. The SMILES string of the molecule is FC(F)(F)C(F)(F)OC(F)(C(F)(F)F)C(F)(F)COCC(F)(F)C(F)(OC(F)(F)C(F)(F)F)C(F)(F)F. The molecule has 0 aromatic rings. The smallest absolute Gasteiger partial charge is 0.368 e. The van der Waals surface area contributed by atoms with Crippen molar-refractivity contribution in [1.29, 1.82) is 0 Å². The minimum atomic E-state index is -7.65. The Balaban J connectivity index is 6.17. The predicted octanol–water partition coefficient (Wildman–Crippen LogP) is 7.07. The molecule has 0 radical (unpaired) electrons. The number of halogens is 22. The van der Waals surface area contributed by atoms with E-state index < -0.39 is 73.7 Å². The molecule has 3 nitrogen and oxygen atoms in total. The third kappa shape index (κ3) is 6.86. The topological polar surface area (TPSA) is 27.7 Å². The Hall–Kier alpha value is -1.66. The van der Waals surface area contributed by atoms with Gasteiger partial charge in [-0.3, -0.25) is 9.47 Å². The molecule has 37 heavy (non-hydrogen) atoms. The first-order valence-corrected chi connectivity index (χ1v) is 7.76. The van der Waals surface area contributed by atoms with E-state index in [1.807, 2.05) is 0 Å². The van der Waals surface area contributed by atoms with Gasteiger partial charge in [-0.05, 0) is 0 Å². The van der Waals surface area contributed by atoms with E-state index in [0.717, 1.165) is 0 Å². The van der Waals surface area contributed by atoms with Gasteiger partial charge in [-0.25, -0.2) is 0 Å². The zero-order valence-electron chi connectivity index (χ0n) is 16.0. The summed E-state index contributed by atoms with van der Waals surface area (Å²) in [4.78, 5) is 0. The minimum Gasteiger partial charge on any atom is -0.368 e. The van der Waals surface area contributed by atoms with E-state index in [-0.39, 0.29) is 0 Å². The minimum absolute atomic E-state index is 1.46. The average molecular weight is 614 g/mol. The fourth-order valence-corrected chi connectivity index (χ4v) is 1.64. The van der Waals surface area contributed by atoms with Crippen LogP contribution in [0.5, 0.6) is 0 Å². The van der Waals surface area contributed by atoms with E-state index >= 15 is 0 Å². The number of hydrogen-bond donors (Lipinski definition) is 0. The Morgan fingerprint density at radius 3 is 0.703 bits per heavy atom. The molecule has 2 atom stereocenters. The first kappa shape index (κ1) is 35.3. The lowest BCUT2D eigenvalue weighted by Gasteiger charge is -2.38. The van der Waals surface area contributed by atoms with Crippen LogP contribution in [0.3, 0.4) is 0 Å². The predicted molar refractivity (Wildman–Crippen MR) is 64.7 cm³/mol. The van der Waals surface area contributed by atoms with Gasteiger partial charge in [0.05, 0.1) is 0 Å². The van der Waals surface area contributed by atoms with Gasteiger partial charge in [0, 0.05) is 0 Å². The van der Waals surface area contributed by atoms with Crippen LogP contribution >= 0.6 is 0 Å². The van der Waals surface area contributed by atoms with E-state index in [2.05, 4.69) is 4.74 Å². The standard InChI is InChI=1S/C12H4F22O3/c13-3(14,5(17,7(19,20)21)36-11(31,32)9(25,26)27)1-35-2-4(15,16)6(18,8(22,23)24)37-12(33,34)10(28,29)30/h1-2H2. The Morgan fingerprint density at radius 2 is 0.541 bits per heavy atom. The van der Waals surface area contributed by atoms with Crippen molar-refractivity contribution in [2.75, 3.05) is 13.2 Å². The Labute approximate surface area is 186 Å². The summed E-state index contributed by atoms with van der Waals surface area (Å²) in [5, 5.41) is 0. The second kappa shape index (κ2) is 9.51. The first-order valence-electron chi connectivity index (χ1n) is 7.76. The molecule has 0 spiro atoms. The van der Waals surface area contributed by atoms with Crippen LogP contribution in [0.2, 0.25) is 0 Å². The van der Waals surface area contributed by atoms with Crippen LogP contribution in [-0.2, 0) is 14.2 Å². The molecule has 0 rings (SSSR count). The van der Waals surface area contributed by atoms with Crippen LogP contribution in [-0.4, -0.2) is 73.7 Å². The molecule has 0 aliphatic heterocycles. The molecule has 0 N–H and O–H groups in total. The van der Waals surface area contributed by atoms with E-state index in [9.17, 15) is 96.6 Å². The first-order chi connectivity index (χ1) is 15.6. The van der Waals surface area contributed by atoms with Crippen molar-refractivity contribution in [2.45, 2.75) is 60.5 Å². The number of ether oxygens (including phenoxy) is 3. The summed E-state index contributed by atoms with van der Waals surface area (Å²) in [5.41, 5.74) is 0. The molecular weight excluding hydrogens is 610 g/mol. The third-order valence-electron chi connectivity index (χ3n) is 3.43. The third-order valence-corrected chi connectivity index (χ3v) is 3.43. The van der Waals surface area contributed by atoms with Gasteiger partial charge in [-0.1, -0.05) is 0 Å². The lowest BCUT2D eigenvalue weighted by Crippen LogP contribution is -2.65. The molecule has 224 valence electrons. The molecule has 0 aliphatic carbocycles. The van der Waals surface area contributed by atoms with E-state index in [0.29, 0.717) is 0 Å². The van der Waals surface area contributed by atoms with E-state index in [4.69, 9.17) is 0 Å². The normalized spacial score (nSPS) is 19.0. The summed E-state index contributed by atoms with van der Waals surface area (Å²) in [5.74, 6) is -29.2. The maximum atomic E-state index is 13.7. The summed E-state index contributed by atoms with van der Waals surface area (Å²) in [6.07, 6.45) is -44.9. The number of rotatable bonds is 10. The Morgan fingerprint density at radius 1 is 0.324 bits per heavy atom. The quantitative estimate of drug-likeness (QED) is 0.247. The van der Waals surface area contributed by atoms with Crippen LogP contribution in [0.1, 0.15) is 0 Å². The lowest BCUT2D eigenvalue weighted by atomic mass is 10.1. The molecule has 25 heteroatoms. The fraction of sp³-hybridized carbons (Fsp3) is 1.00. The summed E-state index contributed by atoms with van der Waals surface area (Å²) >= 11 is 0. The van der Waals surface area contributed by atoms with Crippen molar-refractivity contribution in [3.63, 3.8) is 0 Å². The molecule has 0 aliphatic rings. The van der Waals surface area contributed by atoms with Gasteiger partial charge in [-0.2, -0.15) is 96.6 Å². The maximum Gasteiger partial charge on any atom is 0.483 e. The van der Waals surface area contributed by atoms with E-state index in [1.54, 1.807) is 0 Å². The summed E-state index contributed by atoms with van der Waals surface area (Å²) in [7, 11) is 0. The van der Waals surface area contributed by atoms with Crippen LogP contribution in [0.15, 0.2) is 0 Å². The monoisotopic (exact) mass is 614 g/mol. The van der Waals surface area contributed by atoms with E-state index in [1.165, 1.54) is 9.47 Å². The van der Waals surface area contributed by atoms with Crippen molar-refractivity contribution < 1.29 is 111 Å². The largest absolute Gasteiger partial charge is 0.483 e. The zero-order chi connectivity index (χ0) is 30.5. The average Bonchev–Trinajstić information content (AvgIpc) is 2.56. The van der Waals surface area contributed by atoms with Gasteiger partial charge in [-0.15, -0.1) is 0 Å². The summed E-state index contributed by atoms with van der Waals surface area (Å²) < 4.78 is 284.